The molecule has 1 amide bonds. The molecule has 166 valence electrons. The van der Waals surface area contributed by atoms with Gasteiger partial charge in [-0.3, -0.25) is 9.78 Å². The lowest BCUT2D eigenvalue weighted by Gasteiger charge is -2.21. The van der Waals surface area contributed by atoms with Gasteiger partial charge in [-0.25, -0.2) is 0 Å². The van der Waals surface area contributed by atoms with E-state index in [-0.39, 0.29) is 5.91 Å². The molecule has 0 aliphatic carbocycles. The van der Waals surface area contributed by atoms with Gasteiger partial charge in [0.2, 0.25) is 0 Å². The van der Waals surface area contributed by atoms with Crippen LogP contribution in [0.1, 0.15) is 46.4 Å². The molecule has 0 spiro atoms. The van der Waals surface area contributed by atoms with Crippen LogP contribution >= 0.6 is 0 Å². The van der Waals surface area contributed by atoms with Crippen LogP contribution in [0, 0.1) is 13.8 Å². The second-order valence-corrected chi connectivity index (χ2v) is 8.21. The summed E-state index contributed by atoms with van der Waals surface area (Å²) in [5, 5.41) is 3.01. The maximum Gasteiger partial charge on any atom is 0.251 e. The summed E-state index contributed by atoms with van der Waals surface area (Å²) in [6.45, 7) is 5.25. The predicted molar refractivity (Wildman–Crippen MR) is 130 cm³/mol. The Kier molecular flexibility index (Phi) is 8.14. The second-order valence-electron chi connectivity index (χ2n) is 8.21. The van der Waals surface area contributed by atoms with Crippen molar-refractivity contribution in [3.63, 3.8) is 0 Å². The van der Waals surface area contributed by atoms with Crippen molar-refractivity contribution >= 4 is 17.9 Å². The Labute approximate surface area is 190 Å². The SMILES string of the molecule is Cc1ccc(-c2cc(C(=O)NCc3ccc(C)nc3)cc(N(C)CCCCC=O)c2)cc1. The van der Waals surface area contributed by atoms with Crippen molar-refractivity contribution in [3.8, 4) is 11.1 Å². The fourth-order valence-electron chi connectivity index (χ4n) is 3.47. The van der Waals surface area contributed by atoms with Crippen LogP contribution in [0.15, 0.2) is 60.8 Å². The van der Waals surface area contributed by atoms with E-state index in [9.17, 15) is 9.59 Å². The highest BCUT2D eigenvalue weighted by Crippen LogP contribution is 2.27. The molecule has 0 saturated heterocycles. The summed E-state index contributed by atoms with van der Waals surface area (Å²) in [5.74, 6) is -0.116. The number of nitrogens with one attached hydrogen (secondary N) is 1. The lowest BCUT2D eigenvalue weighted by molar-refractivity contribution is -0.107. The quantitative estimate of drug-likeness (QED) is 0.360. The number of aromatic nitrogens is 1. The standard InChI is InChI=1S/C27H31N3O2/c1-20-7-11-23(12-8-20)24-15-25(17-26(16-24)30(3)13-5-4-6-14-31)27(32)29-19-22-10-9-21(2)28-18-22/h7-12,14-18H,4-6,13,19H2,1-3H3,(H,29,32). The highest BCUT2D eigenvalue weighted by molar-refractivity contribution is 5.96. The molecule has 0 bridgehead atoms. The van der Waals surface area contributed by atoms with Gasteiger partial charge < -0.3 is 15.0 Å². The Morgan fingerprint density at radius 3 is 2.47 bits per heavy atom. The van der Waals surface area contributed by atoms with E-state index in [1.807, 2.05) is 38.2 Å². The summed E-state index contributed by atoms with van der Waals surface area (Å²) in [6.07, 6.45) is 5.12. The van der Waals surface area contributed by atoms with Gasteiger partial charge in [-0.05, 0) is 67.6 Å². The maximum atomic E-state index is 13.0. The molecule has 32 heavy (non-hydrogen) atoms. The summed E-state index contributed by atoms with van der Waals surface area (Å²) in [5.41, 5.74) is 6.79. The van der Waals surface area contributed by atoms with Gasteiger partial charge in [0, 0.05) is 49.7 Å². The topological polar surface area (TPSA) is 62.3 Å². The van der Waals surface area contributed by atoms with Gasteiger partial charge in [-0.2, -0.15) is 0 Å². The molecular weight excluding hydrogens is 398 g/mol. The Morgan fingerprint density at radius 1 is 1.00 bits per heavy atom. The first-order chi connectivity index (χ1) is 15.5. The second kappa shape index (κ2) is 11.2. The number of aryl methyl sites for hydroxylation is 2. The highest BCUT2D eigenvalue weighted by Gasteiger charge is 2.12. The van der Waals surface area contributed by atoms with Crippen molar-refractivity contribution in [1.29, 1.82) is 0 Å². The molecule has 3 rings (SSSR count). The number of nitrogens with zero attached hydrogens (tertiary/aromatic N) is 2. The van der Waals surface area contributed by atoms with Gasteiger partial charge in [-0.15, -0.1) is 0 Å². The lowest BCUT2D eigenvalue weighted by atomic mass is 10.00. The fourth-order valence-corrected chi connectivity index (χ4v) is 3.47. The van der Waals surface area contributed by atoms with Crippen molar-refractivity contribution in [2.45, 2.75) is 39.7 Å². The first-order valence-electron chi connectivity index (χ1n) is 11.0. The van der Waals surface area contributed by atoms with E-state index in [0.717, 1.165) is 53.7 Å². The van der Waals surface area contributed by atoms with Crippen molar-refractivity contribution in [1.82, 2.24) is 10.3 Å². The number of amides is 1. The smallest absolute Gasteiger partial charge is 0.251 e. The molecule has 0 atom stereocenters. The van der Waals surface area contributed by atoms with E-state index in [1.165, 1.54) is 5.56 Å². The molecular formula is C27H31N3O2. The first-order valence-corrected chi connectivity index (χ1v) is 11.0. The van der Waals surface area contributed by atoms with Crippen LogP contribution < -0.4 is 10.2 Å². The van der Waals surface area contributed by atoms with Crippen molar-refractivity contribution < 1.29 is 9.59 Å². The summed E-state index contributed by atoms with van der Waals surface area (Å²) in [4.78, 5) is 30.0. The van der Waals surface area contributed by atoms with Crippen molar-refractivity contribution in [2.24, 2.45) is 0 Å². The number of anilines is 1. The molecule has 5 heteroatoms. The third-order valence-electron chi connectivity index (χ3n) is 5.50. The van der Waals surface area contributed by atoms with Crippen LogP contribution in [0.25, 0.3) is 11.1 Å². The van der Waals surface area contributed by atoms with E-state index in [2.05, 4.69) is 52.5 Å². The minimum Gasteiger partial charge on any atom is -0.375 e. The van der Waals surface area contributed by atoms with Gasteiger partial charge in [0.1, 0.15) is 6.29 Å². The van der Waals surface area contributed by atoms with Crippen LogP contribution in [0.5, 0.6) is 0 Å². The maximum absolute atomic E-state index is 13.0. The number of aldehydes is 1. The average Bonchev–Trinajstić information content (AvgIpc) is 2.81. The number of rotatable bonds is 10. The monoisotopic (exact) mass is 429 g/mol. The Balaban J connectivity index is 1.83. The molecule has 0 aliphatic heterocycles. The average molecular weight is 430 g/mol. The minimum absolute atomic E-state index is 0.116. The first kappa shape index (κ1) is 23.2. The molecule has 5 nitrogen and oxygen atoms in total. The van der Waals surface area contributed by atoms with Crippen molar-refractivity contribution in [3.05, 3.63) is 83.2 Å². The zero-order valence-corrected chi connectivity index (χ0v) is 19.1. The fraction of sp³-hybridized carbons (Fsp3) is 0.296. The van der Waals surface area contributed by atoms with Gasteiger partial charge in [-0.1, -0.05) is 35.9 Å². The van der Waals surface area contributed by atoms with Crippen LogP contribution in [0.3, 0.4) is 0 Å². The largest absolute Gasteiger partial charge is 0.375 e. The van der Waals surface area contributed by atoms with E-state index in [0.29, 0.717) is 18.5 Å². The zero-order chi connectivity index (χ0) is 22.9. The number of hydrogen-bond donors (Lipinski definition) is 1. The molecule has 2 aromatic carbocycles. The summed E-state index contributed by atoms with van der Waals surface area (Å²) in [6, 6.07) is 18.2. The zero-order valence-electron chi connectivity index (χ0n) is 19.1. The van der Waals surface area contributed by atoms with E-state index in [1.54, 1.807) is 6.20 Å². The Hall–Kier alpha value is -3.47. The Bertz CT molecular complexity index is 1040. The number of hydrogen-bond acceptors (Lipinski definition) is 4. The third-order valence-corrected chi connectivity index (χ3v) is 5.50. The lowest BCUT2D eigenvalue weighted by Crippen LogP contribution is -2.24. The third kappa shape index (κ3) is 6.51. The number of unbranched alkanes of at least 4 members (excludes halogenated alkanes) is 2. The van der Waals surface area contributed by atoms with Crippen LogP contribution in [0.4, 0.5) is 5.69 Å². The summed E-state index contributed by atoms with van der Waals surface area (Å²) in [7, 11) is 2.02. The minimum atomic E-state index is -0.116. The van der Waals surface area contributed by atoms with Crippen molar-refractivity contribution in [2.75, 3.05) is 18.5 Å². The summed E-state index contributed by atoms with van der Waals surface area (Å²) >= 11 is 0. The summed E-state index contributed by atoms with van der Waals surface area (Å²) < 4.78 is 0. The number of pyridine rings is 1. The number of benzene rings is 2. The molecule has 0 aliphatic rings. The normalized spacial score (nSPS) is 10.6. The molecule has 1 aromatic heterocycles. The molecule has 0 fully saturated rings. The van der Waals surface area contributed by atoms with E-state index < -0.39 is 0 Å². The van der Waals surface area contributed by atoms with Crippen LogP contribution in [0.2, 0.25) is 0 Å². The van der Waals surface area contributed by atoms with Gasteiger partial charge in [0.15, 0.2) is 0 Å². The Morgan fingerprint density at radius 2 is 1.78 bits per heavy atom. The van der Waals surface area contributed by atoms with Gasteiger partial charge >= 0.3 is 0 Å². The molecule has 0 radical (unpaired) electrons. The number of carbonyl (C=O) groups is 2. The molecule has 3 aromatic rings. The van der Waals surface area contributed by atoms with Gasteiger partial charge in [0.05, 0.1) is 0 Å². The molecule has 0 unspecified atom stereocenters. The highest BCUT2D eigenvalue weighted by atomic mass is 16.1. The van der Waals surface area contributed by atoms with Crippen LogP contribution in [-0.2, 0) is 11.3 Å². The van der Waals surface area contributed by atoms with E-state index in [4.69, 9.17) is 0 Å². The number of carbonyl (C=O) groups excluding carboxylic acids is 2. The molecule has 1 heterocycles. The predicted octanol–water partition coefficient (Wildman–Crippen LogP) is 5.10. The van der Waals surface area contributed by atoms with Gasteiger partial charge in [0.25, 0.3) is 5.91 Å². The molecule has 1 N–H and O–H groups in total. The molecule has 0 saturated carbocycles. The van der Waals surface area contributed by atoms with Crippen LogP contribution in [-0.4, -0.2) is 30.8 Å². The van der Waals surface area contributed by atoms with E-state index >= 15 is 0 Å².